The molecule has 0 saturated heterocycles. The second-order valence-electron chi connectivity index (χ2n) is 5.96. The van der Waals surface area contributed by atoms with Crippen LogP contribution in [0.1, 0.15) is 24.8 Å². The van der Waals surface area contributed by atoms with Crippen LogP contribution in [0.4, 0.5) is 0 Å². The molecule has 0 atom stereocenters. The van der Waals surface area contributed by atoms with E-state index in [0.717, 1.165) is 43.8 Å². The molecular formula is C18H29N3O2. The molecule has 0 radical (unpaired) electrons. The molecule has 5 nitrogen and oxygen atoms in total. The van der Waals surface area contributed by atoms with Crippen molar-refractivity contribution < 1.29 is 9.47 Å². The topological polar surface area (TPSA) is 54.9 Å². The highest BCUT2D eigenvalue weighted by molar-refractivity contribution is 5.79. The fourth-order valence-corrected chi connectivity index (χ4v) is 2.18. The molecule has 0 aromatic heterocycles. The molecule has 0 aliphatic heterocycles. The van der Waals surface area contributed by atoms with Gasteiger partial charge in [-0.25, -0.2) is 0 Å². The monoisotopic (exact) mass is 319 g/mol. The van der Waals surface area contributed by atoms with Crippen LogP contribution in [0.25, 0.3) is 0 Å². The van der Waals surface area contributed by atoms with Gasteiger partial charge in [0, 0.05) is 26.8 Å². The third-order valence-corrected chi connectivity index (χ3v) is 3.68. The van der Waals surface area contributed by atoms with Crippen molar-refractivity contribution in [2.75, 3.05) is 40.0 Å². The van der Waals surface area contributed by atoms with E-state index in [1.807, 2.05) is 18.2 Å². The predicted molar refractivity (Wildman–Crippen MR) is 94.2 cm³/mol. The van der Waals surface area contributed by atoms with Gasteiger partial charge >= 0.3 is 0 Å². The lowest BCUT2D eigenvalue weighted by molar-refractivity contribution is 0.123. The first-order valence-corrected chi connectivity index (χ1v) is 8.49. The number of aliphatic imine (C=N–C) groups is 1. The van der Waals surface area contributed by atoms with Crippen molar-refractivity contribution in [1.29, 1.82) is 0 Å². The van der Waals surface area contributed by atoms with Gasteiger partial charge in [0.2, 0.25) is 0 Å². The predicted octanol–water partition coefficient (Wildman–Crippen LogP) is 2.36. The van der Waals surface area contributed by atoms with Gasteiger partial charge < -0.3 is 20.1 Å². The van der Waals surface area contributed by atoms with Crippen LogP contribution in [0.5, 0.6) is 5.75 Å². The summed E-state index contributed by atoms with van der Waals surface area (Å²) in [6.07, 6.45) is 3.69. The molecule has 0 unspecified atom stereocenters. The van der Waals surface area contributed by atoms with Crippen LogP contribution in [0.2, 0.25) is 0 Å². The molecule has 1 fully saturated rings. The Balaban J connectivity index is 1.48. The van der Waals surface area contributed by atoms with E-state index in [4.69, 9.17) is 9.47 Å². The first-order valence-electron chi connectivity index (χ1n) is 8.49. The molecule has 23 heavy (non-hydrogen) atoms. The van der Waals surface area contributed by atoms with Gasteiger partial charge in [0.05, 0.1) is 6.54 Å². The zero-order valence-electron chi connectivity index (χ0n) is 14.3. The SMILES string of the molecule is CN=C(NCCCOCC1CC1)NCCOc1cccc(C)c1. The Morgan fingerprint density at radius 3 is 2.78 bits per heavy atom. The average molecular weight is 319 g/mol. The Hall–Kier alpha value is -1.75. The lowest BCUT2D eigenvalue weighted by Crippen LogP contribution is -2.39. The minimum Gasteiger partial charge on any atom is -0.492 e. The maximum atomic E-state index is 5.70. The van der Waals surface area contributed by atoms with Gasteiger partial charge in [-0.2, -0.15) is 0 Å². The Labute approximate surface area is 139 Å². The average Bonchev–Trinajstić information content (AvgIpc) is 3.37. The van der Waals surface area contributed by atoms with Crippen LogP contribution in [0.15, 0.2) is 29.3 Å². The van der Waals surface area contributed by atoms with Crippen LogP contribution >= 0.6 is 0 Å². The number of benzene rings is 1. The molecule has 2 N–H and O–H groups in total. The molecular weight excluding hydrogens is 290 g/mol. The van der Waals surface area contributed by atoms with E-state index in [2.05, 4.69) is 28.6 Å². The highest BCUT2D eigenvalue weighted by Gasteiger charge is 2.20. The van der Waals surface area contributed by atoms with Crippen molar-refractivity contribution in [3.63, 3.8) is 0 Å². The maximum absolute atomic E-state index is 5.70. The second-order valence-corrected chi connectivity index (χ2v) is 5.96. The highest BCUT2D eigenvalue weighted by Crippen LogP contribution is 2.28. The molecule has 0 heterocycles. The zero-order valence-corrected chi connectivity index (χ0v) is 14.3. The summed E-state index contributed by atoms with van der Waals surface area (Å²) in [5.74, 6) is 2.55. The molecule has 1 aliphatic rings. The fraction of sp³-hybridized carbons (Fsp3) is 0.611. The Morgan fingerprint density at radius 2 is 2.04 bits per heavy atom. The number of nitrogens with zero attached hydrogens (tertiary/aromatic N) is 1. The Kier molecular flexibility index (Phi) is 7.73. The quantitative estimate of drug-likeness (QED) is 0.395. The van der Waals surface area contributed by atoms with E-state index in [1.165, 1.54) is 18.4 Å². The standard InChI is InChI=1S/C18H29N3O2/c1-15-5-3-6-17(13-15)23-12-10-21-18(19-2)20-9-4-11-22-14-16-7-8-16/h3,5-6,13,16H,4,7-12,14H2,1-2H3,(H2,19,20,21). The number of hydrogen-bond acceptors (Lipinski definition) is 3. The molecule has 5 heteroatoms. The summed E-state index contributed by atoms with van der Waals surface area (Å²) < 4.78 is 11.3. The van der Waals surface area contributed by atoms with E-state index in [1.54, 1.807) is 7.05 Å². The number of ether oxygens (including phenoxy) is 2. The summed E-state index contributed by atoms with van der Waals surface area (Å²) in [7, 11) is 1.78. The van der Waals surface area contributed by atoms with E-state index in [9.17, 15) is 0 Å². The normalized spacial score (nSPS) is 14.6. The van der Waals surface area contributed by atoms with Crippen molar-refractivity contribution in [3.8, 4) is 5.75 Å². The second kappa shape index (κ2) is 10.1. The minimum atomic E-state index is 0.606. The molecule has 1 aromatic carbocycles. The van der Waals surface area contributed by atoms with Crippen LogP contribution in [0.3, 0.4) is 0 Å². The maximum Gasteiger partial charge on any atom is 0.191 e. The first-order chi connectivity index (χ1) is 11.3. The van der Waals surface area contributed by atoms with Crippen molar-refractivity contribution in [2.45, 2.75) is 26.2 Å². The summed E-state index contributed by atoms with van der Waals surface area (Å²) >= 11 is 0. The molecule has 1 aliphatic carbocycles. The molecule has 128 valence electrons. The fourth-order valence-electron chi connectivity index (χ4n) is 2.18. The summed E-state index contributed by atoms with van der Waals surface area (Å²) in [6.45, 7) is 6.00. The van der Waals surface area contributed by atoms with Crippen molar-refractivity contribution >= 4 is 5.96 Å². The summed E-state index contributed by atoms with van der Waals surface area (Å²) in [4.78, 5) is 4.20. The van der Waals surface area contributed by atoms with E-state index in [-0.39, 0.29) is 0 Å². The van der Waals surface area contributed by atoms with E-state index in [0.29, 0.717) is 13.2 Å². The Morgan fingerprint density at radius 1 is 1.22 bits per heavy atom. The number of hydrogen-bond donors (Lipinski definition) is 2. The van der Waals surface area contributed by atoms with Gasteiger partial charge in [0.15, 0.2) is 5.96 Å². The lowest BCUT2D eigenvalue weighted by atomic mass is 10.2. The first kappa shape index (κ1) is 17.6. The third kappa shape index (κ3) is 7.88. The smallest absolute Gasteiger partial charge is 0.191 e. The lowest BCUT2D eigenvalue weighted by Gasteiger charge is -2.12. The van der Waals surface area contributed by atoms with Gasteiger partial charge in [-0.05, 0) is 49.8 Å². The number of guanidine groups is 1. The van der Waals surface area contributed by atoms with Gasteiger partial charge in [0.1, 0.15) is 12.4 Å². The molecule has 1 saturated carbocycles. The summed E-state index contributed by atoms with van der Waals surface area (Å²) in [5.41, 5.74) is 1.21. The Bertz CT molecular complexity index is 487. The van der Waals surface area contributed by atoms with Crippen molar-refractivity contribution in [1.82, 2.24) is 10.6 Å². The molecule has 0 spiro atoms. The minimum absolute atomic E-state index is 0.606. The van der Waals surface area contributed by atoms with Crippen LogP contribution in [0, 0.1) is 12.8 Å². The number of aryl methyl sites for hydroxylation is 1. The summed E-state index contributed by atoms with van der Waals surface area (Å²) in [6, 6.07) is 8.07. The van der Waals surface area contributed by atoms with Crippen LogP contribution in [-0.2, 0) is 4.74 Å². The summed E-state index contributed by atoms with van der Waals surface area (Å²) in [5, 5.41) is 6.53. The van der Waals surface area contributed by atoms with Crippen molar-refractivity contribution in [2.24, 2.45) is 10.9 Å². The van der Waals surface area contributed by atoms with Crippen LogP contribution in [-0.4, -0.2) is 45.9 Å². The van der Waals surface area contributed by atoms with Gasteiger partial charge in [-0.1, -0.05) is 12.1 Å². The highest BCUT2D eigenvalue weighted by atomic mass is 16.5. The molecule has 0 bridgehead atoms. The van der Waals surface area contributed by atoms with Gasteiger partial charge in [-0.3, -0.25) is 4.99 Å². The van der Waals surface area contributed by atoms with Crippen LogP contribution < -0.4 is 15.4 Å². The molecule has 2 rings (SSSR count). The van der Waals surface area contributed by atoms with Gasteiger partial charge in [-0.15, -0.1) is 0 Å². The van der Waals surface area contributed by atoms with E-state index >= 15 is 0 Å². The zero-order chi connectivity index (χ0) is 16.3. The third-order valence-electron chi connectivity index (χ3n) is 3.68. The largest absolute Gasteiger partial charge is 0.492 e. The van der Waals surface area contributed by atoms with Crippen molar-refractivity contribution in [3.05, 3.63) is 29.8 Å². The molecule has 0 amide bonds. The van der Waals surface area contributed by atoms with E-state index < -0.39 is 0 Å². The molecule has 1 aromatic rings. The number of nitrogens with one attached hydrogen (secondary N) is 2. The van der Waals surface area contributed by atoms with Gasteiger partial charge in [0.25, 0.3) is 0 Å². The number of rotatable bonds is 10.